The van der Waals surface area contributed by atoms with Crippen molar-refractivity contribution < 1.29 is 9.53 Å². The summed E-state index contributed by atoms with van der Waals surface area (Å²) in [5.74, 6) is 0.576. The van der Waals surface area contributed by atoms with E-state index in [9.17, 15) is 4.79 Å². The third-order valence-electron chi connectivity index (χ3n) is 4.35. The molecule has 1 aliphatic heterocycles. The average Bonchev–Trinajstić information content (AvgIpc) is 2.39. The van der Waals surface area contributed by atoms with Crippen LogP contribution in [-0.2, 0) is 4.79 Å². The van der Waals surface area contributed by atoms with E-state index in [0.717, 1.165) is 18.4 Å². The maximum absolute atomic E-state index is 12.5. The lowest BCUT2D eigenvalue weighted by molar-refractivity contribution is -0.128. The Labute approximate surface area is 150 Å². The second-order valence-electron chi connectivity index (χ2n) is 8.18. The lowest BCUT2D eigenvalue weighted by atomic mass is 9.79. The van der Waals surface area contributed by atoms with Crippen molar-refractivity contribution in [1.82, 2.24) is 10.6 Å². The van der Waals surface area contributed by atoms with Crippen LogP contribution in [0.3, 0.4) is 0 Å². The van der Waals surface area contributed by atoms with Gasteiger partial charge in [-0.1, -0.05) is 11.6 Å². The lowest BCUT2D eigenvalue weighted by Crippen LogP contribution is -2.62. The van der Waals surface area contributed by atoms with Gasteiger partial charge in [0.2, 0.25) is 0 Å². The third-order valence-corrected chi connectivity index (χ3v) is 4.77. The summed E-state index contributed by atoms with van der Waals surface area (Å²) in [6, 6.07) is 5.56. The van der Waals surface area contributed by atoms with Crippen LogP contribution in [0.15, 0.2) is 18.2 Å². The number of benzene rings is 1. The number of hydrogen-bond acceptors (Lipinski definition) is 3. The molecule has 1 aliphatic rings. The van der Waals surface area contributed by atoms with E-state index in [4.69, 9.17) is 16.3 Å². The Hall–Kier alpha value is -1.26. The van der Waals surface area contributed by atoms with Crippen molar-refractivity contribution in [3.05, 3.63) is 28.8 Å². The molecule has 0 bridgehead atoms. The minimum atomic E-state index is -0.549. The van der Waals surface area contributed by atoms with Crippen LogP contribution in [0, 0.1) is 6.92 Å². The zero-order valence-electron chi connectivity index (χ0n) is 15.5. The van der Waals surface area contributed by atoms with Crippen molar-refractivity contribution >= 4 is 17.5 Å². The first-order valence-corrected chi connectivity index (χ1v) is 8.88. The molecule has 1 aromatic carbocycles. The molecule has 0 aromatic heterocycles. The Morgan fingerprint density at radius 1 is 1.29 bits per heavy atom. The molecule has 0 saturated carbocycles. The fourth-order valence-electron chi connectivity index (χ4n) is 3.69. The molecule has 0 aliphatic carbocycles. The highest BCUT2D eigenvalue weighted by Gasteiger charge is 2.38. The van der Waals surface area contributed by atoms with E-state index in [1.165, 1.54) is 0 Å². The van der Waals surface area contributed by atoms with Gasteiger partial charge in [0.05, 0.1) is 0 Å². The van der Waals surface area contributed by atoms with E-state index in [2.05, 4.69) is 38.3 Å². The smallest absolute Gasteiger partial charge is 0.260 e. The molecule has 24 heavy (non-hydrogen) atoms. The van der Waals surface area contributed by atoms with Crippen LogP contribution in [0.1, 0.15) is 53.0 Å². The molecule has 134 valence electrons. The fraction of sp³-hybridized carbons (Fsp3) is 0.632. The van der Waals surface area contributed by atoms with Crippen LogP contribution >= 0.6 is 11.6 Å². The van der Waals surface area contributed by atoms with Crippen LogP contribution < -0.4 is 15.4 Å². The SMILES string of the molecule is Cc1cc(OC(C)C(=O)NC2CC(C)(C)NC(C)(C)C2)ccc1Cl. The Bertz CT molecular complexity index is 597. The third kappa shape index (κ3) is 5.12. The fourth-order valence-corrected chi connectivity index (χ4v) is 3.81. The Morgan fingerprint density at radius 3 is 2.42 bits per heavy atom. The zero-order valence-corrected chi connectivity index (χ0v) is 16.3. The number of hydrogen-bond donors (Lipinski definition) is 2. The number of halogens is 1. The van der Waals surface area contributed by atoms with Gasteiger partial charge in [0.25, 0.3) is 5.91 Å². The number of aryl methyl sites for hydroxylation is 1. The highest BCUT2D eigenvalue weighted by molar-refractivity contribution is 6.31. The number of carbonyl (C=O) groups excluding carboxylic acids is 1. The highest BCUT2D eigenvalue weighted by Crippen LogP contribution is 2.28. The highest BCUT2D eigenvalue weighted by atomic mass is 35.5. The van der Waals surface area contributed by atoms with Gasteiger partial charge in [-0.15, -0.1) is 0 Å². The number of ether oxygens (including phenoxy) is 1. The van der Waals surface area contributed by atoms with Gasteiger partial charge < -0.3 is 15.4 Å². The van der Waals surface area contributed by atoms with Gasteiger partial charge in [-0.3, -0.25) is 4.79 Å². The van der Waals surface area contributed by atoms with E-state index in [0.29, 0.717) is 10.8 Å². The van der Waals surface area contributed by atoms with Gasteiger partial charge in [0.15, 0.2) is 6.10 Å². The van der Waals surface area contributed by atoms with Crippen LogP contribution in [0.25, 0.3) is 0 Å². The molecular weight excluding hydrogens is 324 g/mol. The summed E-state index contributed by atoms with van der Waals surface area (Å²) < 4.78 is 5.77. The molecule has 4 nitrogen and oxygen atoms in total. The van der Waals surface area contributed by atoms with E-state index >= 15 is 0 Å². The zero-order chi connectivity index (χ0) is 18.1. The summed E-state index contributed by atoms with van der Waals surface area (Å²) in [4.78, 5) is 12.5. The topological polar surface area (TPSA) is 50.4 Å². The second kappa shape index (κ2) is 6.93. The quantitative estimate of drug-likeness (QED) is 0.865. The summed E-state index contributed by atoms with van der Waals surface area (Å²) in [6.45, 7) is 12.4. The number of piperidine rings is 1. The Morgan fingerprint density at radius 2 is 1.88 bits per heavy atom. The molecule has 1 atom stereocenters. The largest absolute Gasteiger partial charge is 0.481 e. The Kier molecular flexibility index (Phi) is 5.50. The first-order valence-electron chi connectivity index (χ1n) is 8.50. The van der Waals surface area contributed by atoms with Crippen molar-refractivity contribution in [2.45, 2.75) is 77.6 Å². The minimum Gasteiger partial charge on any atom is -0.481 e. The molecule has 2 N–H and O–H groups in total. The van der Waals surface area contributed by atoms with Gasteiger partial charge in [-0.25, -0.2) is 0 Å². The molecule has 1 saturated heterocycles. The van der Waals surface area contributed by atoms with Crippen molar-refractivity contribution in [1.29, 1.82) is 0 Å². The molecule has 1 aromatic rings. The van der Waals surface area contributed by atoms with Crippen LogP contribution in [0.4, 0.5) is 0 Å². The summed E-state index contributed by atoms with van der Waals surface area (Å²) in [5, 5.41) is 7.46. The molecule has 0 radical (unpaired) electrons. The predicted molar refractivity (Wildman–Crippen MR) is 98.7 cm³/mol. The summed E-state index contributed by atoms with van der Waals surface area (Å²) in [5.41, 5.74) is 0.928. The van der Waals surface area contributed by atoms with E-state index < -0.39 is 6.10 Å². The second-order valence-corrected chi connectivity index (χ2v) is 8.58. The number of carbonyl (C=O) groups is 1. The molecular formula is C19H29ClN2O2. The molecule has 1 amide bonds. The monoisotopic (exact) mass is 352 g/mol. The average molecular weight is 353 g/mol. The normalized spacial score (nSPS) is 21.1. The molecule has 1 heterocycles. The lowest BCUT2D eigenvalue weighted by Gasteiger charge is -2.46. The van der Waals surface area contributed by atoms with Crippen molar-refractivity contribution in [3.63, 3.8) is 0 Å². The van der Waals surface area contributed by atoms with Gasteiger partial charge >= 0.3 is 0 Å². The molecule has 2 rings (SSSR count). The first kappa shape index (κ1) is 19.1. The van der Waals surface area contributed by atoms with E-state index in [-0.39, 0.29) is 23.0 Å². The van der Waals surface area contributed by atoms with Gasteiger partial charge in [-0.2, -0.15) is 0 Å². The first-order chi connectivity index (χ1) is 11.0. The van der Waals surface area contributed by atoms with E-state index in [1.807, 2.05) is 13.0 Å². The predicted octanol–water partition coefficient (Wildman–Crippen LogP) is 3.84. The summed E-state index contributed by atoms with van der Waals surface area (Å²) in [6.07, 6.45) is 1.25. The van der Waals surface area contributed by atoms with Crippen molar-refractivity contribution in [3.8, 4) is 5.75 Å². The van der Waals surface area contributed by atoms with Crippen molar-refractivity contribution in [2.75, 3.05) is 0 Å². The number of rotatable bonds is 4. The minimum absolute atomic E-state index is 0.00289. The van der Waals surface area contributed by atoms with Crippen LogP contribution in [0.2, 0.25) is 5.02 Å². The molecule has 0 spiro atoms. The summed E-state index contributed by atoms with van der Waals surface area (Å²) in [7, 11) is 0. The van der Waals surface area contributed by atoms with Gasteiger partial charge in [-0.05, 0) is 78.1 Å². The molecule has 1 unspecified atom stereocenters. The Balaban J connectivity index is 1.97. The number of nitrogens with one attached hydrogen (secondary N) is 2. The standard InChI is InChI=1S/C19H29ClN2O2/c1-12-9-15(7-8-16(12)20)24-13(2)17(23)21-14-10-18(3,4)22-19(5,6)11-14/h7-9,13-14,22H,10-11H2,1-6H3,(H,21,23). The molecule has 1 fully saturated rings. The molecule has 5 heteroatoms. The van der Waals surface area contributed by atoms with Gasteiger partial charge in [0, 0.05) is 22.1 Å². The van der Waals surface area contributed by atoms with Gasteiger partial charge in [0.1, 0.15) is 5.75 Å². The van der Waals surface area contributed by atoms with Crippen LogP contribution in [-0.4, -0.2) is 29.1 Å². The van der Waals surface area contributed by atoms with E-state index in [1.54, 1.807) is 19.1 Å². The summed E-state index contributed by atoms with van der Waals surface area (Å²) >= 11 is 6.02. The van der Waals surface area contributed by atoms with Crippen molar-refractivity contribution in [2.24, 2.45) is 0 Å². The maximum Gasteiger partial charge on any atom is 0.260 e. The van der Waals surface area contributed by atoms with Crippen LogP contribution in [0.5, 0.6) is 5.75 Å². The maximum atomic E-state index is 12.5. The number of amides is 1.